The summed E-state index contributed by atoms with van der Waals surface area (Å²) in [5.74, 6) is 0.788. The Morgan fingerprint density at radius 3 is 2.67 bits per heavy atom. The molecule has 1 fully saturated rings. The number of piperidine rings is 1. The van der Waals surface area contributed by atoms with Crippen molar-refractivity contribution >= 4 is 5.91 Å². The van der Waals surface area contributed by atoms with Gasteiger partial charge in [0.25, 0.3) is 5.91 Å². The van der Waals surface area contributed by atoms with Crippen LogP contribution in [0.25, 0.3) is 0 Å². The number of rotatable bonds is 5. The number of nitrogens with two attached hydrogens (primary N) is 1. The van der Waals surface area contributed by atoms with E-state index in [0.717, 1.165) is 37.1 Å². The van der Waals surface area contributed by atoms with Crippen LogP contribution in [0.2, 0.25) is 0 Å². The Kier molecular flexibility index (Phi) is 5.49. The first kappa shape index (κ1) is 16.5. The van der Waals surface area contributed by atoms with E-state index in [4.69, 9.17) is 10.5 Å². The summed E-state index contributed by atoms with van der Waals surface area (Å²) in [6.07, 6.45) is 2.75. The topological polar surface area (TPSA) is 55.6 Å². The van der Waals surface area contributed by atoms with Gasteiger partial charge in [0.15, 0.2) is 6.61 Å². The van der Waals surface area contributed by atoms with E-state index in [9.17, 15) is 4.79 Å². The largest absolute Gasteiger partial charge is 0.483 e. The molecule has 4 heteroatoms. The predicted octanol–water partition coefficient (Wildman–Crippen LogP) is 2.61. The molecule has 1 saturated heterocycles. The number of carbonyl (C=O) groups excluding carboxylic acids is 1. The van der Waals surface area contributed by atoms with Crippen molar-refractivity contribution in [1.29, 1.82) is 0 Å². The summed E-state index contributed by atoms with van der Waals surface area (Å²) in [5, 5.41) is 0. The monoisotopic (exact) mass is 324 g/mol. The summed E-state index contributed by atoms with van der Waals surface area (Å²) < 4.78 is 5.83. The minimum atomic E-state index is 0.0136. The standard InChI is InChI=1S/C20H24N2O2/c21-18-10-6-12-22(14-18)20(23)15-24-19-11-5-4-9-17(19)13-16-7-2-1-3-8-16/h1-5,7-9,11,18H,6,10,12-15,21H2. The minimum Gasteiger partial charge on any atom is -0.483 e. The number of carbonyl (C=O) groups is 1. The van der Waals surface area contributed by atoms with Gasteiger partial charge in [0, 0.05) is 25.6 Å². The second-order valence-electron chi connectivity index (χ2n) is 6.30. The summed E-state index contributed by atoms with van der Waals surface area (Å²) >= 11 is 0. The maximum absolute atomic E-state index is 12.3. The van der Waals surface area contributed by atoms with Gasteiger partial charge in [0.05, 0.1) is 0 Å². The molecule has 1 heterocycles. The van der Waals surface area contributed by atoms with Crippen LogP contribution in [0.5, 0.6) is 5.75 Å². The van der Waals surface area contributed by atoms with Crippen LogP contribution in [-0.2, 0) is 11.2 Å². The van der Waals surface area contributed by atoms with Crippen molar-refractivity contribution in [3.8, 4) is 5.75 Å². The normalized spacial score (nSPS) is 17.5. The quantitative estimate of drug-likeness (QED) is 0.920. The van der Waals surface area contributed by atoms with Gasteiger partial charge in [-0.1, -0.05) is 48.5 Å². The number of hydrogen-bond donors (Lipinski definition) is 1. The summed E-state index contributed by atoms with van der Waals surface area (Å²) in [6.45, 7) is 1.48. The zero-order valence-electron chi connectivity index (χ0n) is 13.9. The first-order chi connectivity index (χ1) is 11.7. The molecule has 0 aliphatic carbocycles. The van der Waals surface area contributed by atoms with Crippen LogP contribution < -0.4 is 10.5 Å². The third kappa shape index (κ3) is 4.36. The lowest BCUT2D eigenvalue weighted by atomic mass is 10.0. The maximum Gasteiger partial charge on any atom is 0.260 e. The molecule has 2 aromatic carbocycles. The molecule has 0 saturated carbocycles. The highest BCUT2D eigenvalue weighted by atomic mass is 16.5. The lowest BCUT2D eigenvalue weighted by Gasteiger charge is -2.30. The number of para-hydroxylation sites is 1. The second-order valence-corrected chi connectivity index (χ2v) is 6.30. The Morgan fingerprint density at radius 2 is 1.88 bits per heavy atom. The molecule has 126 valence electrons. The number of hydrogen-bond acceptors (Lipinski definition) is 3. The molecule has 1 unspecified atom stereocenters. The Labute approximate surface area is 143 Å². The third-order valence-corrected chi connectivity index (χ3v) is 4.37. The van der Waals surface area contributed by atoms with Gasteiger partial charge in [-0.05, 0) is 30.0 Å². The number of likely N-dealkylation sites (tertiary alicyclic amines) is 1. The van der Waals surface area contributed by atoms with Gasteiger partial charge in [0.1, 0.15) is 5.75 Å². The van der Waals surface area contributed by atoms with Crippen LogP contribution in [-0.4, -0.2) is 36.5 Å². The van der Waals surface area contributed by atoms with Crippen molar-refractivity contribution in [3.63, 3.8) is 0 Å². The van der Waals surface area contributed by atoms with E-state index in [1.165, 1.54) is 5.56 Å². The van der Waals surface area contributed by atoms with Crippen LogP contribution >= 0.6 is 0 Å². The summed E-state index contributed by atoms with van der Waals surface area (Å²) in [5.41, 5.74) is 8.26. The average molecular weight is 324 g/mol. The highest BCUT2D eigenvalue weighted by Gasteiger charge is 2.21. The molecule has 4 nitrogen and oxygen atoms in total. The molecule has 1 aliphatic rings. The van der Waals surface area contributed by atoms with Gasteiger partial charge >= 0.3 is 0 Å². The van der Waals surface area contributed by atoms with E-state index in [-0.39, 0.29) is 18.6 Å². The number of benzene rings is 2. The van der Waals surface area contributed by atoms with E-state index in [1.54, 1.807) is 0 Å². The van der Waals surface area contributed by atoms with Gasteiger partial charge in [-0.3, -0.25) is 4.79 Å². The lowest BCUT2D eigenvalue weighted by Crippen LogP contribution is -2.47. The summed E-state index contributed by atoms with van der Waals surface area (Å²) in [7, 11) is 0. The molecule has 1 atom stereocenters. The van der Waals surface area contributed by atoms with E-state index in [1.807, 2.05) is 47.4 Å². The predicted molar refractivity (Wildman–Crippen MR) is 95.0 cm³/mol. The van der Waals surface area contributed by atoms with Crippen molar-refractivity contribution < 1.29 is 9.53 Å². The zero-order valence-corrected chi connectivity index (χ0v) is 13.9. The van der Waals surface area contributed by atoms with E-state index >= 15 is 0 Å². The second kappa shape index (κ2) is 7.97. The van der Waals surface area contributed by atoms with Crippen molar-refractivity contribution in [2.45, 2.75) is 25.3 Å². The van der Waals surface area contributed by atoms with Crippen LogP contribution in [0.4, 0.5) is 0 Å². The van der Waals surface area contributed by atoms with Crippen LogP contribution in [0.15, 0.2) is 54.6 Å². The van der Waals surface area contributed by atoms with Crippen LogP contribution in [0.3, 0.4) is 0 Å². The average Bonchev–Trinajstić information content (AvgIpc) is 2.61. The van der Waals surface area contributed by atoms with Gasteiger partial charge < -0.3 is 15.4 Å². The summed E-state index contributed by atoms with van der Waals surface area (Å²) in [6, 6.07) is 18.2. The van der Waals surface area contributed by atoms with Crippen LogP contribution in [0.1, 0.15) is 24.0 Å². The van der Waals surface area contributed by atoms with Gasteiger partial charge in [-0.15, -0.1) is 0 Å². The summed E-state index contributed by atoms with van der Waals surface area (Å²) in [4.78, 5) is 14.1. The molecule has 0 bridgehead atoms. The minimum absolute atomic E-state index is 0.0136. The SMILES string of the molecule is NC1CCCN(C(=O)COc2ccccc2Cc2ccccc2)C1. The van der Waals surface area contributed by atoms with E-state index < -0.39 is 0 Å². The highest BCUT2D eigenvalue weighted by molar-refractivity contribution is 5.78. The Bertz CT molecular complexity index is 672. The fourth-order valence-electron chi connectivity index (χ4n) is 3.07. The molecule has 1 amide bonds. The smallest absolute Gasteiger partial charge is 0.260 e. The molecular formula is C20H24N2O2. The molecule has 3 rings (SSSR count). The van der Waals surface area contributed by atoms with Crippen molar-refractivity contribution in [2.75, 3.05) is 19.7 Å². The molecule has 2 aromatic rings. The fraction of sp³-hybridized carbons (Fsp3) is 0.350. The molecule has 0 spiro atoms. The Morgan fingerprint density at radius 1 is 1.12 bits per heavy atom. The molecular weight excluding hydrogens is 300 g/mol. The maximum atomic E-state index is 12.3. The lowest BCUT2D eigenvalue weighted by molar-refractivity contribution is -0.134. The van der Waals surface area contributed by atoms with Crippen LogP contribution in [0, 0.1) is 0 Å². The van der Waals surface area contributed by atoms with Gasteiger partial charge in [-0.2, -0.15) is 0 Å². The third-order valence-electron chi connectivity index (χ3n) is 4.37. The number of amides is 1. The van der Waals surface area contributed by atoms with Crippen molar-refractivity contribution in [2.24, 2.45) is 5.73 Å². The van der Waals surface area contributed by atoms with Gasteiger partial charge in [-0.25, -0.2) is 0 Å². The number of ether oxygens (including phenoxy) is 1. The number of nitrogens with zero attached hydrogens (tertiary/aromatic N) is 1. The first-order valence-electron chi connectivity index (χ1n) is 8.50. The van der Waals surface area contributed by atoms with E-state index in [2.05, 4.69) is 12.1 Å². The Balaban J connectivity index is 1.62. The molecule has 0 radical (unpaired) electrons. The van der Waals surface area contributed by atoms with Gasteiger partial charge in [0.2, 0.25) is 0 Å². The molecule has 2 N–H and O–H groups in total. The highest BCUT2D eigenvalue weighted by Crippen LogP contribution is 2.21. The molecule has 24 heavy (non-hydrogen) atoms. The van der Waals surface area contributed by atoms with E-state index in [0.29, 0.717) is 6.54 Å². The zero-order chi connectivity index (χ0) is 16.8. The van der Waals surface area contributed by atoms with Crippen molar-refractivity contribution in [1.82, 2.24) is 4.90 Å². The first-order valence-corrected chi connectivity index (χ1v) is 8.50. The molecule has 0 aromatic heterocycles. The molecule has 1 aliphatic heterocycles. The van der Waals surface area contributed by atoms with Crippen molar-refractivity contribution in [3.05, 3.63) is 65.7 Å². The fourth-order valence-corrected chi connectivity index (χ4v) is 3.07. The Hall–Kier alpha value is -2.33.